The Hall–Kier alpha value is -3.72. The van der Waals surface area contributed by atoms with Crippen LogP contribution in [0.1, 0.15) is 52.8 Å². The van der Waals surface area contributed by atoms with Gasteiger partial charge in [0.2, 0.25) is 0 Å². The molecule has 10 heteroatoms. The minimum atomic E-state index is -0.969. The second-order valence-electron chi connectivity index (χ2n) is 7.76. The summed E-state index contributed by atoms with van der Waals surface area (Å²) in [6.07, 6.45) is 4.98. The molecule has 0 spiro atoms. The van der Waals surface area contributed by atoms with Gasteiger partial charge in [0.05, 0.1) is 4.92 Å². The highest BCUT2D eigenvalue weighted by atomic mass is 35.5. The van der Waals surface area contributed by atoms with E-state index in [2.05, 4.69) is 5.32 Å². The second-order valence-corrected chi connectivity index (χ2v) is 8.20. The van der Waals surface area contributed by atoms with E-state index >= 15 is 0 Å². The van der Waals surface area contributed by atoms with Crippen LogP contribution in [0.25, 0.3) is 11.0 Å². The normalized spacial score (nSPS) is 14.1. The molecule has 0 saturated heterocycles. The molecule has 3 aromatic rings. The molecule has 0 atom stereocenters. The number of nitro groups is 1. The fourth-order valence-corrected chi connectivity index (χ4v) is 3.98. The van der Waals surface area contributed by atoms with Gasteiger partial charge < -0.3 is 14.5 Å². The number of amides is 1. The molecule has 0 radical (unpaired) electrons. The zero-order valence-corrected chi connectivity index (χ0v) is 18.1. The number of benzene rings is 2. The fourth-order valence-electron chi connectivity index (χ4n) is 3.81. The van der Waals surface area contributed by atoms with E-state index < -0.39 is 28.1 Å². The summed E-state index contributed by atoms with van der Waals surface area (Å²) in [5.74, 6) is -1.44. The van der Waals surface area contributed by atoms with Crippen LogP contribution in [0.15, 0.2) is 51.7 Å². The average molecular weight is 471 g/mol. The number of nitrogens with one attached hydrogen (secondary N) is 1. The van der Waals surface area contributed by atoms with E-state index in [0.29, 0.717) is 5.39 Å². The molecule has 1 saturated carbocycles. The molecule has 1 N–H and O–H groups in total. The van der Waals surface area contributed by atoms with E-state index in [1.54, 1.807) is 0 Å². The van der Waals surface area contributed by atoms with Gasteiger partial charge in [0.1, 0.15) is 22.5 Å². The van der Waals surface area contributed by atoms with E-state index in [9.17, 15) is 24.5 Å². The Bertz CT molecular complexity index is 1310. The van der Waals surface area contributed by atoms with Crippen LogP contribution in [0.3, 0.4) is 0 Å². The third-order valence-electron chi connectivity index (χ3n) is 5.48. The maximum Gasteiger partial charge on any atom is 0.350 e. The van der Waals surface area contributed by atoms with Crippen LogP contribution in [-0.4, -0.2) is 22.8 Å². The lowest BCUT2D eigenvalue weighted by Gasteiger charge is -2.22. The van der Waals surface area contributed by atoms with Crippen LogP contribution in [0.4, 0.5) is 5.69 Å². The molecule has 9 nitrogen and oxygen atoms in total. The molecule has 0 aliphatic heterocycles. The van der Waals surface area contributed by atoms with E-state index in [0.717, 1.165) is 38.2 Å². The quantitative estimate of drug-likeness (QED) is 0.189. The minimum Gasteiger partial charge on any atom is -0.423 e. The number of hydrogen-bond acceptors (Lipinski definition) is 7. The number of rotatable bonds is 5. The Morgan fingerprint density at radius 3 is 2.55 bits per heavy atom. The number of nitro benzene ring substituents is 1. The summed E-state index contributed by atoms with van der Waals surface area (Å²) in [6, 6.07) is 9.32. The standard InChI is InChI=1S/C23H19ClN2O7/c24-14-7-9-17(19(11-14)26(30)31)22(28)32-16-8-6-13-10-18(23(29)33-20(13)12-16)21(27)25-15-4-2-1-3-5-15/h6-12,15H,1-5H2,(H,25,27). The molecule has 170 valence electrons. The number of halogens is 1. The first-order chi connectivity index (χ1) is 15.8. The van der Waals surface area contributed by atoms with Gasteiger partial charge in [-0.05, 0) is 43.2 Å². The molecule has 1 aromatic heterocycles. The SMILES string of the molecule is O=C(Oc1ccc2cc(C(=O)NC3CCCCC3)c(=O)oc2c1)c1ccc(Cl)cc1[N+](=O)[O-]. The number of ether oxygens (including phenoxy) is 1. The average Bonchev–Trinajstić information content (AvgIpc) is 2.79. The summed E-state index contributed by atoms with van der Waals surface area (Å²) in [4.78, 5) is 47.9. The summed E-state index contributed by atoms with van der Waals surface area (Å²) in [6.45, 7) is 0. The van der Waals surface area contributed by atoms with Crippen molar-refractivity contribution in [1.82, 2.24) is 5.32 Å². The molecule has 1 fully saturated rings. The molecule has 33 heavy (non-hydrogen) atoms. The van der Waals surface area contributed by atoms with Gasteiger partial charge in [0.15, 0.2) is 0 Å². The zero-order chi connectivity index (χ0) is 23.5. The Morgan fingerprint density at radius 2 is 1.82 bits per heavy atom. The Kier molecular flexibility index (Phi) is 6.41. The van der Waals surface area contributed by atoms with E-state index in [4.69, 9.17) is 20.8 Å². The Balaban J connectivity index is 1.56. The number of nitrogens with zero attached hydrogens (tertiary/aromatic N) is 1. The van der Waals surface area contributed by atoms with Crippen LogP contribution in [-0.2, 0) is 0 Å². The van der Waals surface area contributed by atoms with Crippen molar-refractivity contribution in [2.75, 3.05) is 0 Å². The maximum absolute atomic E-state index is 12.6. The van der Waals surface area contributed by atoms with Gasteiger partial charge in [-0.25, -0.2) is 9.59 Å². The molecule has 0 bridgehead atoms. The zero-order valence-electron chi connectivity index (χ0n) is 17.3. The number of carbonyl (C=O) groups excluding carboxylic acids is 2. The Labute approximate surface area is 192 Å². The summed E-state index contributed by atoms with van der Waals surface area (Å²) >= 11 is 5.77. The van der Waals surface area contributed by atoms with Crippen LogP contribution in [0.5, 0.6) is 5.75 Å². The lowest BCUT2D eigenvalue weighted by molar-refractivity contribution is -0.385. The minimum absolute atomic E-state index is 0.0132. The maximum atomic E-state index is 12.6. The van der Waals surface area contributed by atoms with Gasteiger partial charge in [-0.15, -0.1) is 0 Å². The largest absolute Gasteiger partial charge is 0.423 e. The van der Waals surface area contributed by atoms with Gasteiger partial charge in [0.25, 0.3) is 11.6 Å². The molecule has 1 heterocycles. The summed E-state index contributed by atoms with van der Waals surface area (Å²) < 4.78 is 10.5. The lowest BCUT2D eigenvalue weighted by atomic mass is 9.95. The van der Waals surface area contributed by atoms with Crippen molar-refractivity contribution < 1.29 is 23.7 Å². The third-order valence-corrected chi connectivity index (χ3v) is 5.71. The highest BCUT2D eigenvalue weighted by Crippen LogP contribution is 2.26. The number of esters is 1. The molecule has 1 aliphatic rings. The van der Waals surface area contributed by atoms with E-state index in [1.807, 2.05) is 0 Å². The number of carbonyl (C=O) groups is 2. The van der Waals surface area contributed by atoms with Crippen molar-refractivity contribution in [3.8, 4) is 5.75 Å². The van der Waals surface area contributed by atoms with Crippen molar-refractivity contribution >= 4 is 40.1 Å². The first-order valence-electron chi connectivity index (χ1n) is 10.4. The van der Waals surface area contributed by atoms with E-state index in [-0.39, 0.29) is 33.5 Å². The van der Waals surface area contributed by atoms with Crippen molar-refractivity contribution in [2.24, 2.45) is 0 Å². The molecule has 4 rings (SSSR count). The van der Waals surface area contributed by atoms with Gasteiger partial charge in [-0.3, -0.25) is 14.9 Å². The summed E-state index contributed by atoms with van der Waals surface area (Å²) in [5, 5.41) is 14.7. The molecule has 1 aliphatic carbocycles. The van der Waals surface area contributed by atoms with Gasteiger partial charge >= 0.3 is 11.6 Å². The van der Waals surface area contributed by atoms with Crippen LogP contribution < -0.4 is 15.7 Å². The topological polar surface area (TPSA) is 129 Å². The lowest BCUT2D eigenvalue weighted by Crippen LogP contribution is -2.38. The molecule has 2 aromatic carbocycles. The van der Waals surface area contributed by atoms with Crippen LogP contribution in [0, 0.1) is 10.1 Å². The fraction of sp³-hybridized carbons (Fsp3) is 0.261. The monoisotopic (exact) mass is 470 g/mol. The first-order valence-corrected chi connectivity index (χ1v) is 10.7. The number of hydrogen-bond donors (Lipinski definition) is 1. The van der Waals surface area contributed by atoms with Gasteiger partial charge in [0, 0.05) is 28.6 Å². The van der Waals surface area contributed by atoms with Crippen molar-refractivity contribution in [2.45, 2.75) is 38.1 Å². The molecule has 1 amide bonds. The van der Waals surface area contributed by atoms with Crippen LogP contribution in [0.2, 0.25) is 5.02 Å². The Morgan fingerprint density at radius 1 is 1.06 bits per heavy atom. The smallest absolute Gasteiger partial charge is 0.350 e. The predicted molar refractivity (Wildman–Crippen MR) is 120 cm³/mol. The molecule has 0 unspecified atom stereocenters. The first kappa shape index (κ1) is 22.5. The molecular weight excluding hydrogens is 452 g/mol. The summed E-state index contributed by atoms with van der Waals surface area (Å²) in [7, 11) is 0. The highest BCUT2D eigenvalue weighted by molar-refractivity contribution is 6.31. The predicted octanol–water partition coefficient (Wildman–Crippen LogP) is 4.64. The van der Waals surface area contributed by atoms with E-state index in [1.165, 1.54) is 36.4 Å². The van der Waals surface area contributed by atoms with Crippen molar-refractivity contribution in [3.63, 3.8) is 0 Å². The highest BCUT2D eigenvalue weighted by Gasteiger charge is 2.23. The summed E-state index contributed by atoms with van der Waals surface area (Å²) in [5.41, 5.74) is -1.58. The van der Waals surface area contributed by atoms with Gasteiger partial charge in [-0.2, -0.15) is 0 Å². The number of fused-ring (bicyclic) bond motifs is 1. The second kappa shape index (κ2) is 9.41. The van der Waals surface area contributed by atoms with Crippen molar-refractivity contribution in [1.29, 1.82) is 0 Å². The third kappa shape index (κ3) is 5.04. The van der Waals surface area contributed by atoms with Crippen molar-refractivity contribution in [3.05, 3.63) is 79.1 Å². The van der Waals surface area contributed by atoms with Crippen LogP contribution >= 0.6 is 11.6 Å². The van der Waals surface area contributed by atoms with Gasteiger partial charge in [-0.1, -0.05) is 30.9 Å². The molecular formula is C23H19ClN2O7.